The average Bonchev–Trinajstić information content (AvgIpc) is 2.29. The molecule has 0 saturated carbocycles. The van der Waals surface area contributed by atoms with Crippen molar-refractivity contribution in [1.82, 2.24) is 0 Å². The molecule has 0 aromatic heterocycles. The molecule has 0 atom stereocenters. The van der Waals surface area contributed by atoms with E-state index < -0.39 is 10.0 Å². The first kappa shape index (κ1) is 14.5. The van der Waals surface area contributed by atoms with Gasteiger partial charge in [0.25, 0.3) is 0 Å². The summed E-state index contributed by atoms with van der Waals surface area (Å²) in [6.45, 7) is 1.90. The highest BCUT2D eigenvalue weighted by Crippen LogP contribution is 2.18. The van der Waals surface area contributed by atoms with E-state index in [1.807, 2.05) is 0 Å². The van der Waals surface area contributed by atoms with Gasteiger partial charge in [0, 0.05) is 12.7 Å². The number of nitrogen functional groups attached to an aromatic ring is 1. The molecule has 0 heterocycles. The minimum atomic E-state index is -3.45. The number of methoxy groups -OCH3 is 1. The molecule has 1 aromatic rings. The van der Waals surface area contributed by atoms with Gasteiger partial charge in [-0.3, -0.25) is 10.1 Å². The Morgan fingerprint density at radius 2 is 2.17 bits per heavy atom. The van der Waals surface area contributed by atoms with Crippen molar-refractivity contribution in [2.45, 2.75) is 6.92 Å². The molecular weight excluding hydrogens is 254 g/mol. The second kappa shape index (κ2) is 5.83. The van der Waals surface area contributed by atoms with Crippen LogP contribution in [0.2, 0.25) is 0 Å². The molecule has 7 heteroatoms. The molecule has 100 valence electrons. The summed E-state index contributed by atoms with van der Waals surface area (Å²) in [5, 5.41) is 7.32. The molecule has 0 aliphatic rings. The Morgan fingerprint density at radius 3 is 2.72 bits per heavy atom. The summed E-state index contributed by atoms with van der Waals surface area (Å²) in [6.07, 6.45) is 0. The van der Waals surface area contributed by atoms with Gasteiger partial charge in [0.15, 0.2) is 0 Å². The maximum absolute atomic E-state index is 11.7. The lowest BCUT2D eigenvalue weighted by atomic mass is 10.1. The molecule has 0 aliphatic heterocycles. The van der Waals surface area contributed by atoms with E-state index in [0.717, 1.165) is 5.56 Å². The molecule has 0 spiro atoms. The quantitative estimate of drug-likeness (QED) is 0.522. The molecule has 6 nitrogen and oxygen atoms in total. The van der Waals surface area contributed by atoms with Crippen molar-refractivity contribution in [2.24, 2.45) is 5.73 Å². The summed E-state index contributed by atoms with van der Waals surface area (Å²) < 4.78 is 30.6. The molecule has 0 aliphatic carbocycles. The fraction of sp³-hybridized carbons (Fsp3) is 0.364. The average molecular weight is 271 g/mol. The first-order chi connectivity index (χ1) is 8.35. The highest BCUT2D eigenvalue weighted by Gasteiger charge is 2.12. The van der Waals surface area contributed by atoms with E-state index in [0.29, 0.717) is 11.3 Å². The van der Waals surface area contributed by atoms with Crippen LogP contribution >= 0.6 is 0 Å². The number of hydrogen-bond acceptors (Lipinski definition) is 4. The van der Waals surface area contributed by atoms with Crippen LogP contribution < -0.4 is 10.5 Å². The molecule has 0 fully saturated rings. The Bertz CT molecular complexity index is 540. The van der Waals surface area contributed by atoms with E-state index in [1.165, 1.54) is 7.11 Å². The third-order valence-corrected chi connectivity index (χ3v) is 3.61. The van der Waals surface area contributed by atoms with Gasteiger partial charge in [0.1, 0.15) is 5.84 Å². The highest BCUT2D eigenvalue weighted by molar-refractivity contribution is 7.92. The largest absolute Gasteiger partial charge is 0.384 e. The smallest absolute Gasteiger partial charge is 0.235 e. The number of amidine groups is 1. The van der Waals surface area contributed by atoms with Crippen molar-refractivity contribution >= 4 is 21.5 Å². The number of benzene rings is 1. The maximum atomic E-state index is 11.7. The predicted molar refractivity (Wildman–Crippen MR) is 71.5 cm³/mol. The molecule has 4 N–H and O–H groups in total. The Hall–Kier alpha value is -1.60. The number of sulfonamides is 1. The number of nitrogens with two attached hydrogens (primary N) is 1. The zero-order chi connectivity index (χ0) is 13.8. The van der Waals surface area contributed by atoms with Crippen LogP contribution in [0, 0.1) is 12.3 Å². The summed E-state index contributed by atoms with van der Waals surface area (Å²) >= 11 is 0. The minimum Gasteiger partial charge on any atom is -0.384 e. The molecule has 0 amide bonds. The lowest BCUT2D eigenvalue weighted by molar-refractivity contribution is 0.217. The normalized spacial score (nSPS) is 11.2. The fourth-order valence-corrected chi connectivity index (χ4v) is 2.35. The van der Waals surface area contributed by atoms with Crippen LogP contribution in [-0.4, -0.2) is 33.7 Å². The van der Waals surface area contributed by atoms with E-state index >= 15 is 0 Å². The summed E-state index contributed by atoms with van der Waals surface area (Å²) in [6, 6.07) is 4.93. The topological polar surface area (TPSA) is 105 Å². The summed E-state index contributed by atoms with van der Waals surface area (Å²) in [4.78, 5) is 0. The molecular formula is C11H17N3O3S. The van der Waals surface area contributed by atoms with Gasteiger partial charge in [-0.2, -0.15) is 0 Å². The van der Waals surface area contributed by atoms with Crippen LogP contribution in [0.1, 0.15) is 11.1 Å². The zero-order valence-electron chi connectivity index (χ0n) is 10.4. The number of aryl methyl sites for hydroxylation is 1. The second-order valence-electron chi connectivity index (χ2n) is 3.86. The summed E-state index contributed by atoms with van der Waals surface area (Å²) in [5.74, 6) is -0.222. The van der Waals surface area contributed by atoms with Gasteiger partial charge in [-0.15, -0.1) is 0 Å². The van der Waals surface area contributed by atoms with Gasteiger partial charge in [0.2, 0.25) is 10.0 Å². The van der Waals surface area contributed by atoms with E-state index in [-0.39, 0.29) is 18.2 Å². The highest BCUT2D eigenvalue weighted by atomic mass is 32.2. The predicted octanol–water partition coefficient (Wildman–Crippen LogP) is 0.667. The molecule has 0 saturated heterocycles. The fourth-order valence-electron chi connectivity index (χ4n) is 1.31. The Labute approximate surface area is 107 Å². The van der Waals surface area contributed by atoms with Crippen molar-refractivity contribution in [2.75, 3.05) is 24.2 Å². The van der Waals surface area contributed by atoms with E-state index in [2.05, 4.69) is 4.72 Å². The number of rotatable bonds is 6. The van der Waals surface area contributed by atoms with Gasteiger partial charge < -0.3 is 10.5 Å². The van der Waals surface area contributed by atoms with Crippen LogP contribution in [0.3, 0.4) is 0 Å². The molecule has 1 aromatic carbocycles. The molecule has 18 heavy (non-hydrogen) atoms. The standard InChI is InChI=1S/C11H17N3O3S/c1-8-3-4-9(11(12)13)7-10(8)14-18(15,16)6-5-17-2/h3-4,7,14H,5-6H2,1-2H3,(H3,12,13). The minimum absolute atomic E-state index is 0.104. The molecule has 1 rings (SSSR count). The van der Waals surface area contributed by atoms with Gasteiger partial charge >= 0.3 is 0 Å². The van der Waals surface area contributed by atoms with Crippen molar-refractivity contribution in [3.05, 3.63) is 29.3 Å². The lowest BCUT2D eigenvalue weighted by Crippen LogP contribution is -2.21. The van der Waals surface area contributed by atoms with Gasteiger partial charge in [-0.05, 0) is 18.6 Å². The summed E-state index contributed by atoms with van der Waals surface area (Å²) in [5.41, 5.74) is 7.03. The van der Waals surface area contributed by atoms with E-state index in [1.54, 1.807) is 25.1 Å². The van der Waals surface area contributed by atoms with Crippen LogP contribution in [0.4, 0.5) is 5.69 Å². The Morgan fingerprint density at radius 1 is 1.50 bits per heavy atom. The first-order valence-corrected chi connectivity index (χ1v) is 6.95. The SMILES string of the molecule is COCCS(=O)(=O)Nc1cc(C(=N)N)ccc1C. The molecule has 0 unspecified atom stereocenters. The first-order valence-electron chi connectivity index (χ1n) is 5.30. The number of hydrogen-bond donors (Lipinski definition) is 3. The number of anilines is 1. The van der Waals surface area contributed by atoms with Crippen LogP contribution in [0.5, 0.6) is 0 Å². The number of nitrogens with one attached hydrogen (secondary N) is 2. The van der Waals surface area contributed by atoms with E-state index in [4.69, 9.17) is 15.9 Å². The van der Waals surface area contributed by atoms with Gasteiger partial charge in [-0.25, -0.2) is 8.42 Å². The molecule has 0 radical (unpaired) electrons. The zero-order valence-corrected chi connectivity index (χ0v) is 11.2. The van der Waals surface area contributed by atoms with Crippen LogP contribution in [0.15, 0.2) is 18.2 Å². The second-order valence-corrected chi connectivity index (χ2v) is 5.70. The van der Waals surface area contributed by atoms with Crippen LogP contribution in [0.25, 0.3) is 0 Å². The van der Waals surface area contributed by atoms with Crippen molar-refractivity contribution < 1.29 is 13.2 Å². The lowest BCUT2D eigenvalue weighted by Gasteiger charge is -2.11. The van der Waals surface area contributed by atoms with Crippen LogP contribution in [-0.2, 0) is 14.8 Å². The van der Waals surface area contributed by atoms with Crippen molar-refractivity contribution in [3.8, 4) is 0 Å². The Kier molecular flexibility index (Phi) is 4.69. The third-order valence-electron chi connectivity index (χ3n) is 2.37. The van der Waals surface area contributed by atoms with Crippen molar-refractivity contribution in [3.63, 3.8) is 0 Å². The maximum Gasteiger partial charge on any atom is 0.235 e. The van der Waals surface area contributed by atoms with Gasteiger partial charge in [-0.1, -0.05) is 12.1 Å². The number of ether oxygens (including phenoxy) is 1. The monoisotopic (exact) mass is 271 g/mol. The van der Waals surface area contributed by atoms with Gasteiger partial charge in [0.05, 0.1) is 18.0 Å². The molecule has 0 bridgehead atoms. The third kappa shape index (κ3) is 4.01. The van der Waals surface area contributed by atoms with E-state index in [9.17, 15) is 8.42 Å². The summed E-state index contributed by atoms with van der Waals surface area (Å²) in [7, 11) is -2.01. The Balaban J connectivity index is 2.96. The van der Waals surface area contributed by atoms with Crippen molar-refractivity contribution in [1.29, 1.82) is 5.41 Å².